The Morgan fingerprint density at radius 2 is 1.00 bits per heavy atom. The Kier molecular flexibility index (Phi) is 3.53. The molecule has 0 radical (unpaired) electrons. The fourth-order valence-electron chi connectivity index (χ4n) is 0.855. The van der Waals surface area contributed by atoms with Gasteiger partial charge in [0, 0.05) is 0 Å². The van der Waals surface area contributed by atoms with Crippen molar-refractivity contribution in [2.45, 2.75) is 24.1 Å². The zero-order valence-corrected chi connectivity index (χ0v) is 7.26. The molecule has 0 fully saturated rings. The number of hydrogen-bond acceptors (Lipinski definition) is 1. The lowest BCUT2D eigenvalue weighted by Gasteiger charge is -2.37. The van der Waals surface area contributed by atoms with Gasteiger partial charge in [0.1, 0.15) is 0 Å². The first-order valence-electron chi connectivity index (χ1n) is 3.38. The SMILES string of the molecule is O=C(O)NC(C(F)(F)F)(C(F)(F)F)C(F)(F)F. The summed E-state index contributed by atoms with van der Waals surface area (Å²) >= 11 is 0. The van der Waals surface area contributed by atoms with Crippen molar-refractivity contribution < 1.29 is 49.4 Å². The number of rotatable bonds is 1. The third kappa shape index (κ3) is 2.49. The van der Waals surface area contributed by atoms with Crippen LogP contribution < -0.4 is 5.32 Å². The van der Waals surface area contributed by atoms with Crippen molar-refractivity contribution in [2.24, 2.45) is 0 Å². The summed E-state index contributed by atoms with van der Waals surface area (Å²) in [5, 5.41) is 7.18. The van der Waals surface area contributed by atoms with Crippen molar-refractivity contribution in [3.05, 3.63) is 0 Å². The van der Waals surface area contributed by atoms with E-state index < -0.39 is 35.5 Å². The third-order valence-corrected chi connectivity index (χ3v) is 1.57. The van der Waals surface area contributed by atoms with Gasteiger partial charge in [-0.25, -0.2) is 4.79 Å². The number of nitrogens with one attached hydrogen (secondary N) is 1. The van der Waals surface area contributed by atoms with Crippen molar-refractivity contribution in [1.29, 1.82) is 0 Å². The van der Waals surface area contributed by atoms with Crippen molar-refractivity contribution >= 4 is 6.09 Å². The molecule has 1 amide bonds. The van der Waals surface area contributed by atoms with Crippen molar-refractivity contribution in [1.82, 2.24) is 5.32 Å². The van der Waals surface area contributed by atoms with E-state index in [2.05, 4.69) is 0 Å². The van der Waals surface area contributed by atoms with Gasteiger partial charge < -0.3 is 5.11 Å². The molecule has 0 aliphatic heterocycles. The number of carbonyl (C=O) groups is 1. The molecule has 0 saturated heterocycles. The Labute approximate surface area is 86.2 Å². The summed E-state index contributed by atoms with van der Waals surface area (Å²) in [6, 6.07) is 0. The van der Waals surface area contributed by atoms with Gasteiger partial charge in [0.2, 0.25) is 0 Å². The molecule has 0 bridgehead atoms. The van der Waals surface area contributed by atoms with Crippen LogP contribution >= 0.6 is 0 Å². The molecule has 0 aliphatic rings. The zero-order valence-electron chi connectivity index (χ0n) is 7.26. The van der Waals surface area contributed by atoms with Crippen LogP contribution in [-0.4, -0.2) is 35.3 Å². The Bertz CT molecular complexity index is 264. The average Bonchev–Trinajstić information content (AvgIpc) is 1.91. The maximum absolute atomic E-state index is 12.0. The first kappa shape index (κ1) is 15.6. The van der Waals surface area contributed by atoms with E-state index in [1.165, 1.54) is 0 Å². The van der Waals surface area contributed by atoms with Gasteiger partial charge in [0.05, 0.1) is 0 Å². The molecule has 0 aliphatic carbocycles. The van der Waals surface area contributed by atoms with E-state index in [1.54, 1.807) is 0 Å². The minimum absolute atomic E-state index is 0.545. The van der Waals surface area contributed by atoms with E-state index in [4.69, 9.17) is 5.11 Å². The average molecular weight is 279 g/mol. The maximum Gasteiger partial charge on any atom is 0.429 e. The lowest BCUT2D eigenvalue weighted by Crippen LogP contribution is -2.75. The molecule has 2 N–H and O–H groups in total. The van der Waals surface area contributed by atoms with Crippen LogP contribution in [0.15, 0.2) is 0 Å². The predicted molar refractivity (Wildman–Crippen MR) is 32.1 cm³/mol. The number of amides is 1. The molecule has 0 heterocycles. The monoisotopic (exact) mass is 279 g/mol. The summed E-state index contributed by atoms with van der Waals surface area (Å²) in [4.78, 5) is 9.74. The standard InChI is InChI=1S/C5H2F9NO2/c6-3(7,8)2(4(9,10)11,5(12,13)14)15-1(16)17/h15H,(H,16,17). The molecule has 0 aromatic carbocycles. The Hall–Kier alpha value is -1.36. The van der Waals surface area contributed by atoms with Crippen LogP contribution in [0.5, 0.6) is 0 Å². The van der Waals surface area contributed by atoms with Crippen LogP contribution in [0.25, 0.3) is 0 Å². The largest absolute Gasteiger partial charge is 0.465 e. The van der Waals surface area contributed by atoms with Gasteiger partial charge in [0.15, 0.2) is 0 Å². The molecular weight excluding hydrogens is 277 g/mol. The quantitative estimate of drug-likeness (QED) is 0.725. The first-order valence-corrected chi connectivity index (χ1v) is 3.38. The molecule has 3 nitrogen and oxygen atoms in total. The molecule has 0 aromatic rings. The normalized spacial score (nSPS) is 14.6. The molecule has 12 heteroatoms. The van der Waals surface area contributed by atoms with E-state index >= 15 is 0 Å². The Morgan fingerprint density at radius 3 is 1.06 bits per heavy atom. The number of halogens is 9. The number of alkyl halides is 9. The summed E-state index contributed by atoms with van der Waals surface area (Å²) in [5.41, 5.74) is -6.52. The van der Waals surface area contributed by atoms with Gasteiger partial charge in [-0.3, -0.25) is 5.32 Å². The second-order valence-corrected chi connectivity index (χ2v) is 2.67. The first-order chi connectivity index (χ1) is 7.17. The van der Waals surface area contributed by atoms with E-state index in [-0.39, 0.29) is 0 Å². The highest BCUT2D eigenvalue weighted by molar-refractivity contribution is 5.66. The van der Waals surface area contributed by atoms with Crippen molar-refractivity contribution in [3.63, 3.8) is 0 Å². The van der Waals surface area contributed by atoms with Gasteiger partial charge in [-0.2, -0.15) is 39.5 Å². The summed E-state index contributed by atoms with van der Waals surface area (Å²) in [6.07, 6.45) is -23.9. The summed E-state index contributed by atoms with van der Waals surface area (Å²) in [6.45, 7) is 0. The highest BCUT2D eigenvalue weighted by Gasteiger charge is 2.85. The fourth-order valence-corrected chi connectivity index (χ4v) is 0.855. The van der Waals surface area contributed by atoms with Gasteiger partial charge in [-0.15, -0.1) is 0 Å². The van der Waals surface area contributed by atoms with Gasteiger partial charge >= 0.3 is 30.2 Å². The lowest BCUT2D eigenvalue weighted by atomic mass is 9.97. The summed E-state index contributed by atoms with van der Waals surface area (Å²) in [7, 11) is 0. The van der Waals surface area contributed by atoms with Crippen LogP contribution in [0.1, 0.15) is 0 Å². The van der Waals surface area contributed by atoms with Gasteiger partial charge in [-0.1, -0.05) is 0 Å². The molecule has 0 aromatic heterocycles. The van der Waals surface area contributed by atoms with Gasteiger partial charge in [0.25, 0.3) is 0 Å². The molecule has 0 rings (SSSR count). The predicted octanol–water partition coefficient (Wildman–Crippen LogP) is 2.68. The van der Waals surface area contributed by atoms with Crippen LogP contribution in [0, 0.1) is 0 Å². The van der Waals surface area contributed by atoms with Crippen LogP contribution in [0.4, 0.5) is 44.3 Å². The third-order valence-electron chi connectivity index (χ3n) is 1.57. The smallest absolute Gasteiger partial charge is 0.429 e. The number of hydrogen-bond donors (Lipinski definition) is 2. The van der Waals surface area contributed by atoms with E-state index in [0.717, 1.165) is 0 Å². The van der Waals surface area contributed by atoms with E-state index in [9.17, 15) is 44.3 Å². The summed E-state index contributed by atoms with van der Waals surface area (Å²) in [5.74, 6) is 0. The minimum Gasteiger partial charge on any atom is -0.465 e. The fraction of sp³-hybridized carbons (Fsp3) is 0.800. The van der Waals surface area contributed by atoms with Crippen molar-refractivity contribution in [3.8, 4) is 0 Å². The highest BCUT2D eigenvalue weighted by Crippen LogP contribution is 2.52. The van der Waals surface area contributed by atoms with E-state index in [0.29, 0.717) is 0 Å². The Balaban J connectivity index is 6.02. The lowest BCUT2D eigenvalue weighted by molar-refractivity contribution is -0.386. The van der Waals surface area contributed by atoms with E-state index in [1.807, 2.05) is 0 Å². The second kappa shape index (κ2) is 3.84. The molecule has 0 saturated carbocycles. The van der Waals surface area contributed by atoms with Crippen molar-refractivity contribution in [2.75, 3.05) is 0 Å². The maximum atomic E-state index is 12.0. The molecule has 0 atom stereocenters. The minimum atomic E-state index is -6.93. The second-order valence-electron chi connectivity index (χ2n) is 2.67. The van der Waals surface area contributed by atoms with Gasteiger partial charge in [-0.05, 0) is 0 Å². The highest BCUT2D eigenvalue weighted by atomic mass is 19.4. The molecular formula is C5H2F9NO2. The zero-order chi connectivity index (χ0) is 14.3. The van der Waals surface area contributed by atoms with Crippen LogP contribution in [0.2, 0.25) is 0 Å². The molecule has 17 heavy (non-hydrogen) atoms. The molecule has 102 valence electrons. The topological polar surface area (TPSA) is 49.3 Å². The molecule has 0 unspecified atom stereocenters. The van der Waals surface area contributed by atoms with Crippen LogP contribution in [0.3, 0.4) is 0 Å². The number of carboxylic acid groups (broad SMARTS) is 1. The molecule has 0 spiro atoms. The Morgan fingerprint density at radius 1 is 0.765 bits per heavy atom. The summed E-state index contributed by atoms with van der Waals surface area (Å²) < 4.78 is 108. The van der Waals surface area contributed by atoms with Crippen LogP contribution in [-0.2, 0) is 0 Å².